The normalized spacial score (nSPS) is 11.4. The van der Waals surface area contributed by atoms with Crippen molar-refractivity contribution in [2.24, 2.45) is 0 Å². The van der Waals surface area contributed by atoms with Gasteiger partial charge in [0.2, 0.25) is 0 Å². The van der Waals surface area contributed by atoms with Crippen LogP contribution >= 0.6 is 11.6 Å². The molecule has 4 aromatic rings. The summed E-state index contributed by atoms with van der Waals surface area (Å²) >= 11 is 5.91. The van der Waals surface area contributed by atoms with E-state index >= 15 is 0 Å². The first-order valence-corrected chi connectivity index (χ1v) is 9.62. The Morgan fingerprint density at radius 2 is 1.85 bits per heavy atom. The summed E-state index contributed by atoms with van der Waals surface area (Å²) in [6.07, 6.45) is -1.97. The van der Waals surface area contributed by atoms with E-state index in [0.29, 0.717) is 16.9 Å². The maximum absolute atomic E-state index is 12.9. The van der Waals surface area contributed by atoms with Gasteiger partial charge in [-0.1, -0.05) is 23.7 Å². The molecule has 8 nitrogen and oxygen atoms in total. The van der Waals surface area contributed by atoms with Gasteiger partial charge in [-0.05, 0) is 36.4 Å². The topological polar surface area (TPSA) is 109 Å². The van der Waals surface area contributed by atoms with Crippen LogP contribution in [0.4, 0.5) is 29.3 Å². The third-order valence-corrected chi connectivity index (χ3v) is 4.92. The van der Waals surface area contributed by atoms with Crippen LogP contribution in [0.3, 0.4) is 0 Å². The number of carbonyl (C=O) groups is 2. The molecule has 0 saturated carbocycles. The van der Waals surface area contributed by atoms with Crippen molar-refractivity contribution in [1.29, 1.82) is 0 Å². The summed E-state index contributed by atoms with van der Waals surface area (Å²) in [4.78, 5) is 27.8. The van der Waals surface area contributed by atoms with Crippen LogP contribution in [-0.2, 0) is 6.18 Å². The number of benzene rings is 2. The van der Waals surface area contributed by atoms with Gasteiger partial charge < -0.3 is 15.7 Å². The molecule has 0 aliphatic rings. The van der Waals surface area contributed by atoms with Crippen molar-refractivity contribution in [3.05, 3.63) is 77.1 Å². The van der Waals surface area contributed by atoms with Crippen LogP contribution in [0.1, 0.15) is 15.9 Å². The van der Waals surface area contributed by atoms with Crippen LogP contribution < -0.4 is 10.6 Å². The minimum Gasteiger partial charge on any atom is -0.477 e. The molecule has 0 aliphatic carbocycles. The van der Waals surface area contributed by atoms with Crippen LogP contribution in [0.15, 0.2) is 60.9 Å². The molecule has 2 aromatic carbocycles. The van der Waals surface area contributed by atoms with Crippen molar-refractivity contribution in [3.63, 3.8) is 0 Å². The van der Waals surface area contributed by atoms with E-state index in [-0.39, 0.29) is 21.9 Å². The van der Waals surface area contributed by atoms with Crippen LogP contribution in [0.25, 0.3) is 16.9 Å². The van der Waals surface area contributed by atoms with E-state index in [1.807, 2.05) is 0 Å². The van der Waals surface area contributed by atoms with Crippen LogP contribution in [0, 0.1) is 0 Å². The molecule has 3 N–H and O–H groups in total. The third-order valence-electron chi connectivity index (χ3n) is 4.59. The number of alkyl halides is 3. The lowest BCUT2D eigenvalue weighted by Crippen LogP contribution is -2.20. The van der Waals surface area contributed by atoms with Gasteiger partial charge in [-0.2, -0.15) is 18.3 Å². The first-order valence-electron chi connectivity index (χ1n) is 9.25. The number of halogens is 4. The standard InChI is InChI=1S/C21H13ClF3N5O3/c22-15-5-4-12(21(23,24)25)9-16(15)29-20(33)28-13-3-1-2-11(8-13)17-6-7-26-18-14(19(31)32)10-27-30(17)18/h1-10H,(H,31,32)(H2,28,29,33). The van der Waals surface area contributed by atoms with Crippen LogP contribution in [-0.4, -0.2) is 31.7 Å². The molecule has 2 aromatic heterocycles. The second-order valence-corrected chi connectivity index (χ2v) is 7.19. The molecule has 0 fully saturated rings. The maximum atomic E-state index is 12.9. The molecule has 2 amide bonds. The minimum absolute atomic E-state index is 0.0565. The number of aromatic carboxylic acids is 1. The van der Waals surface area contributed by atoms with Gasteiger partial charge in [0.1, 0.15) is 5.56 Å². The van der Waals surface area contributed by atoms with E-state index in [4.69, 9.17) is 11.6 Å². The summed E-state index contributed by atoms with van der Waals surface area (Å²) in [6, 6.07) is 9.92. The van der Waals surface area contributed by atoms with Crippen molar-refractivity contribution in [2.45, 2.75) is 6.18 Å². The molecule has 0 unspecified atom stereocenters. The lowest BCUT2D eigenvalue weighted by molar-refractivity contribution is -0.137. The average molecular weight is 476 g/mol. The van der Waals surface area contributed by atoms with E-state index < -0.39 is 23.7 Å². The fourth-order valence-electron chi connectivity index (χ4n) is 3.10. The smallest absolute Gasteiger partial charge is 0.416 e. The first kappa shape index (κ1) is 22.1. The zero-order chi connectivity index (χ0) is 23.8. The fraction of sp³-hybridized carbons (Fsp3) is 0.0476. The number of nitrogens with zero attached hydrogens (tertiary/aromatic N) is 3. The number of fused-ring (bicyclic) bond motifs is 1. The number of carboxylic acids is 1. The molecule has 0 spiro atoms. The van der Waals surface area contributed by atoms with Gasteiger partial charge in [0, 0.05) is 17.4 Å². The predicted molar refractivity (Wildman–Crippen MR) is 114 cm³/mol. The number of hydrogen-bond donors (Lipinski definition) is 3. The molecular weight excluding hydrogens is 463 g/mol. The van der Waals surface area contributed by atoms with Crippen molar-refractivity contribution in [2.75, 3.05) is 10.6 Å². The zero-order valence-corrected chi connectivity index (χ0v) is 17.1. The van der Waals surface area contributed by atoms with E-state index in [2.05, 4.69) is 20.7 Å². The number of carbonyl (C=O) groups excluding carboxylic acids is 1. The van der Waals surface area contributed by atoms with Crippen molar-refractivity contribution < 1.29 is 27.9 Å². The summed E-state index contributed by atoms with van der Waals surface area (Å²) < 4.78 is 40.1. The Bertz CT molecular complexity index is 1390. The summed E-state index contributed by atoms with van der Waals surface area (Å²) in [5, 5.41) is 18.1. The Morgan fingerprint density at radius 1 is 1.06 bits per heavy atom. The highest BCUT2D eigenvalue weighted by Gasteiger charge is 2.31. The number of aromatic nitrogens is 3. The van der Waals surface area contributed by atoms with E-state index in [0.717, 1.165) is 18.2 Å². The molecule has 168 valence electrons. The summed E-state index contributed by atoms with van der Waals surface area (Å²) in [5.74, 6) is -1.17. The lowest BCUT2D eigenvalue weighted by atomic mass is 10.1. The quantitative estimate of drug-likeness (QED) is 0.365. The summed E-state index contributed by atoms with van der Waals surface area (Å²) in [5.41, 5.74) is 0.344. The van der Waals surface area contributed by atoms with Gasteiger partial charge in [-0.15, -0.1) is 0 Å². The molecular formula is C21H13ClF3N5O3. The van der Waals surface area contributed by atoms with Gasteiger partial charge >= 0.3 is 18.2 Å². The Balaban J connectivity index is 1.58. The number of amides is 2. The highest BCUT2D eigenvalue weighted by atomic mass is 35.5. The molecule has 12 heteroatoms. The molecule has 0 atom stereocenters. The highest BCUT2D eigenvalue weighted by Crippen LogP contribution is 2.34. The Morgan fingerprint density at radius 3 is 2.58 bits per heavy atom. The Kier molecular flexibility index (Phi) is 5.64. The molecule has 0 saturated heterocycles. The molecule has 4 rings (SSSR count). The fourth-order valence-corrected chi connectivity index (χ4v) is 3.26. The Labute approximate surface area is 188 Å². The highest BCUT2D eigenvalue weighted by molar-refractivity contribution is 6.33. The van der Waals surface area contributed by atoms with E-state index in [1.54, 1.807) is 30.3 Å². The number of carboxylic acid groups (broad SMARTS) is 1. The van der Waals surface area contributed by atoms with Crippen molar-refractivity contribution in [1.82, 2.24) is 14.6 Å². The molecule has 0 aliphatic heterocycles. The van der Waals surface area contributed by atoms with Crippen molar-refractivity contribution >= 4 is 40.6 Å². The number of hydrogen-bond acceptors (Lipinski definition) is 4. The maximum Gasteiger partial charge on any atom is 0.416 e. The number of urea groups is 1. The predicted octanol–water partition coefficient (Wildman–Crippen LogP) is 5.41. The SMILES string of the molecule is O=C(Nc1cccc(-c2ccnc3c(C(=O)O)cnn23)c1)Nc1cc(C(F)(F)F)ccc1Cl. The molecule has 0 radical (unpaired) electrons. The molecule has 33 heavy (non-hydrogen) atoms. The van der Waals surface area contributed by atoms with Gasteiger partial charge in [0.15, 0.2) is 5.65 Å². The monoisotopic (exact) mass is 475 g/mol. The van der Waals surface area contributed by atoms with Gasteiger partial charge in [-0.3, -0.25) is 0 Å². The van der Waals surface area contributed by atoms with E-state index in [1.165, 1.54) is 16.9 Å². The van der Waals surface area contributed by atoms with Gasteiger partial charge in [0.25, 0.3) is 0 Å². The first-order chi connectivity index (χ1) is 15.6. The van der Waals surface area contributed by atoms with Crippen molar-refractivity contribution in [3.8, 4) is 11.3 Å². The summed E-state index contributed by atoms with van der Waals surface area (Å²) in [6.45, 7) is 0. The number of rotatable bonds is 4. The molecule has 2 heterocycles. The third kappa shape index (κ3) is 4.58. The zero-order valence-electron chi connectivity index (χ0n) is 16.4. The average Bonchev–Trinajstić information content (AvgIpc) is 3.19. The van der Waals surface area contributed by atoms with Crippen LogP contribution in [0.2, 0.25) is 5.02 Å². The minimum atomic E-state index is -4.59. The number of nitrogens with one attached hydrogen (secondary N) is 2. The lowest BCUT2D eigenvalue weighted by Gasteiger charge is -2.13. The van der Waals surface area contributed by atoms with Gasteiger partial charge in [0.05, 0.1) is 28.2 Å². The van der Waals surface area contributed by atoms with Crippen LogP contribution in [0.5, 0.6) is 0 Å². The van der Waals surface area contributed by atoms with E-state index in [9.17, 15) is 27.9 Å². The van der Waals surface area contributed by atoms with Gasteiger partial charge in [-0.25, -0.2) is 19.1 Å². The summed E-state index contributed by atoms with van der Waals surface area (Å²) in [7, 11) is 0. The largest absolute Gasteiger partial charge is 0.477 e. The second-order valence-electron chi connectivity index (χ2n) is 6.78. The second kappa shape index (κ2) is 8.43. The number of anilines is 2. The Hall–Kier alpha value is -4.12. The molecule has 0 bridgehead atoms.